The highest BCUT2D eigenvalue weighted by atomic mass is 16.5. The Labute approximate surface area is 175 Å². The number of benzene rings is 2. The summed E-state index contributed by atoms with van der Waals surface area (Å²) in [5.74, 6) is 2.30. The Kier molecular flexibility index (Phi) is 6.08. The Balaban J connectivity index is 1.47. The van der Waals surface area contributed by atoms with Crippen molar-refractivity contribution in [3.05, 3.63) is 77.6 Å². The zero-order chi connectivity index (χ0) is 20.8. The van der Waals surface area contributed by atoms with Crippen molar-refractivity contribution in [3.63, 3.8) is 0 Å². The largest absolute Gasteiger partial charge is 0.496 e. The van der Waals surface area contributed by atoms with Crippen molar-refractivity contribution in [2.45, 2.75) is 18.8 Å². The van der Waals surface area contributed by atoms with Gasteiger partial charge in [-0.05, 0) is 36.1 Å². The van der Waals surface area contributed by atoms with Crippen LogP contribution in [-0.4, -0.2) is 41.1 Å². The van der Waals surface area contributed by atoms with Crippen LogP contribution in [-0.2, 0) is 6.42 Å². The van der Waals surface area contributed by atoms with Crippen LogP contribution in [0.4, 0.5) is 5.95 Å². The Morgan fingerprint density at radius 2 is 1.90 bits per heavy atom. The molecule has 0 fully saturated rings. The summed E-state index contributed by atoms with van der Waals surface area (Å²) in [5, 5.41) is 16.3. The molecule has 0 radical (unpaired) electrons. The zero-order valence-electron chi connectivity index (χ0n) is 16.8. The standard InChI is InChI=1S/C23H24N4O3/c1-29-22-10-6-5-9-18(22)16-13-20-19(21(14-16)27-28)15-25-23(26-20)24-11-12-30-17-7-3-2-4-8-17/h2-10,15-16,28H,11-14H2,1H3,(H,24,25,26)/b27-21+. The highest BCUT2D eigenvalue weighted by Crippen LogP contribution is 2.36. The fraction of sp³-hybridized carbons (Fsp3) is 0.261. The van der Waals surface area contributed by atoms with Crippen molar-refractivity contribution in [2.75, 3.05) is 25.6 Å². The number of ether oxygens (including phenoxy) is 2. The number of methoxy groups -OCH3 is 1. The Hall–Kier alpha value is -3.61. The van der Waals surface area contributed by atoms with E-state index in [4.69, 9.17) is 9.47 Å². The first kappa shape index (κ1) is 19.7. The SMILES string of the molecule is COc1ccccc1C1C/C(=N\O)c2cnc(NCCOc3ccccc3)nc2C1. The molecule has 2 aromatic carbocycles. The highest BCUT2D eigenvalue weighted by Gasteiger charge is 2.28. The summed E-state index contributed by atoms with van der Waals surface area (Å²) in [5.41, 5.74) is 3.31. The monoisotopic (exact) mass is 404 g/mol. The van der Waals surface area contributed by atoms with Crippen molar-refractivity contribution in [1.29, 1.82) is 0 Å². The number of nitrogens with one attached hydrogen (secondary N) is 1. The van der Waals surface area contributed by atoms with Crippen molar-refractivity contribution in [1.82, 2.24) is 9.97 Å². The Morgan fingerprint density at radius 1 is 1.10 bits per heavy atom. The Bertz CT molecular complexity index is 1020. The number of hydrogen-bond acceptors (Lipinski definition) is 7. The van der Waals surface area contributed by atoms with Crippen molar-refractivity contribution in [3.8, 4) is 11.5 Å². The van der Waals surface area contributed by atoms with Gasteiger partial charge in [-0.25, -0.2) is 9.97 Å². The van der Waals surface area contributed by atoms with Crippen molar-refractivity contribution < 1.29 is 14.7 Å². The normalized spacial score (nSPS) is 16.7. The number of hydrogen-bond donors (Lipinski definition) is 2. The molecule has 0 spiro atoms. The van der Waals surface area contributed by atoms with E-state index in [9.17, 15) is 5.21 Å². The maximum absolute atomic E-state index is 9.55. The van der Waals surface area contributed by atoms with E-state index in [2.05, 4.69) is 20.4 Å². The molecule has 154 valence electrons. The highest BCUT2D eigenvalue weighted by molar-refractivity contribution is 6.02. The second-order valence-corrected chi connectivity index (χ2v) is 7.04. The van der Waals surface area contributed by atoms with Crippen LogP contribution in [0.1, 0.15) is 29.2 Å². The van der Waals surface area contributed by atoms with Crippen molar-refractivity contribution >= 4 is 11.7 Å². The molecule has 1 heterocycles. The van der Waals surface area contributed by atoms with Gasteiger partial charge in [-0.3, -0.25) is 0 Å². The summed E-state index contributed by atoms with van der Waals surface area (Å²) < 4.78 is 11.2. The van der Waals surface area contributed by atoms with E-state index >= 15 is 0 Å². The molecule has 1 aromatic heterocycles. The zero-order valence-corrected chi connectivity index (χ0v) is 16.8. The van der Waals surface area contributed by atoms with Crippen LogP contribution in [0.5, 0.6) is 11.5 Å². The smallest absolute Gasteiger partial charge is 0.223 e. The fourth-order valence-corrected chi connectivity index (χ4v) is 3.71. The number of para-hydroxylation sites is 2. The molecular weight excluding hydrogens is 380 g/mol. The lowest BCUT2D eigenvalue weighted by atomic mass is 9.81. The third-order valence-corrected chi connectivity index (χ3v) is 5.15. The predicted octanol–water partition coefficient (Wildman–Crippen LogP) is 3.88. The summed E-state index contributed by atoms with van der Waals surface area (Å²) in [4.78, 5) is 9.05. The van der Waals surface area contributed by atoms with Crippen LogP contribution in [0.3, 0.4) is 0 Å². The van der Waals surface area contributed by atoms with Gasteiger partial charge in [-0.15, -0.1) is 0 Å². The minimum absolute atomic E-state index is 0.115. The van der Waals surface area contributed by atoms with Gasteiger partial charge in [0.1, 0.15) is 18.1 Å². The second kappa shape index (κ2) is 9.26. The molecule has 7 heteroatoms. The summed E-state index contributed by atoms with van der Waals surface area (Å²) in [7, 11) is 1.67. The minimum Gasteiger partial charge on any atom is -0.496 e. The van der Waals surface area contributed by atoms with E-state index in [1.165, 1.54) is 0 Å². The average molecular weight is 404 g/mol. The van der Waals surface area contributed by atoms with Crippen molar-refractivity contribution in [2.24, 2.45) is 5.16 Å². The van der Waals surface area contributed by atoms with Gasteiger partial charge in [0.05, 0.1) is 25.1 Å². The predicted molar refractivity (Wildman–Crippen MR) is 115 cm³/mol. The molecule has 4 rings (SSSR count). The maximum atomic E-state index is 9.55. The number of nitrogens with zero attached hydrogens (tertiary/aromatic N) is 3. The molecule has 0 bridgehead atoms. The first-order valence-electron chi connectivity index (χ1n) is 9.90. The molecule has 0 saturated heterocycles. The van der Waals surface area contributed by atoms with Gasteiger partial charge in [-0.1, -0.05) is 41.6 Å². The molecule has 1 atom stereocenters. The molecule has 7 nitrogen and oxygen atoms in total. The van der Waals surface area contributed by atoms with Crippen LogP contribution < -0.4 is 14.8 Å². The topological polar surface area (TPSA) is 88.9 Å². The molecule has 0 amide bonds. The molecule has 1 aliphatic rings. The number of anilines is 1. The van der Waals surface area contributed by atoms with Gasteiger partial charge in [0.2, 0.25) is 5.95 Å². The van der Waals surface area contributed by atoms with Crippen LogP contribution in [0.25, 0.3) is 0 Å². The summed E-state index contributed by atoms with van der Waals surface area (Å²) >= 11 is 0. The molecular formula is C23H24N4O3. The lowest BCUT2D eigenvalue weighted by molar-refractivity contribution is 0.316. The van der Waals surface area contributed by atoms with E-state index in [0.717, 1.165) is 28.3 Å². The summed E-state index contributed by atoms with van der Waals surface area (Å²) in [6.07, 6.45) is 3.04. The molecule has 1 aliphatic carbocycles. The number of aromatic nitrogens is 2. The van der Waals surface area contributed by atoms with Gasteiger partial charge < -0.3 is 20.0 Å². The lowest BCUT2D eigenvalue weighted by Gasteiger charge is -2.26. The molecule has 30 heavy (non-hydrogen) atoms. The molecule has 1 unspecified atom stereocenters. The van der Waals surface area contributed by atoms with Crippen LogP contribution in [0.15, 0.2) is 65.9 Å². The molecule has 2 N–H and O–H groups in total. The van der Waals surface area contributed by atoms with Gasteiger partial charge in [-0.2, -0.15) is 0 Å². The van der Waals surface area contributed by atoms with Gasteiger partial charge in [0.25, 0.3) is 0 Å². The van der Waals surface area contributed by atoms with Crippen LogP contribution in [0.2, 0.25) is 0 Å². The van der Waals surface area contributed by atoms with Gasteiger partial charge >= 0.3 is 0 Å². The Morgan fingerprint density at radius 3 is 2.70 bits per heavy atom. The van der Waals surface area contributed by atoms with E-state index in [0.29, 0.717) is 37.7 Å². The van der Waals surface area contributed by atoms with E-state index in [1.807, 2.05) is 54.6 Å². The summed E-state index contributed by atoms with van der Waals surface area (Å²) in [6, 6.07) is 17.6. The number of oxime groups is 1. The quantitative estimate of drug-likeness (QED) is 0.353. The first-order chi connectivity index (χ1) is 14.8. The second-order valence-electron chi connectivity index (χ2n) is 7.04. The number of fused-ring (bicyclic) bond motifs is 1. The van der Waals surface area contributed by atoms with Gasteiger partial charge in [0, 0.05) is 18.2 Å². The van der Waals surface area contributed by atoms with Crippen LogP contribution >= 0.6 is 0 Å². The maximum Gasteiger partial charge on any atom is 0.223 e. The lowest BCUT2D eigenvalue weighted by Crippen LogP contribution is -2.23. The van der Waals surface area contributed by atoms with Crippen LogP contribution in [0, 0.1) is 0 Å². The average Bonchev–Trinajstić information content (AvgIpc) is 2.81. The number of rotatable bonds is 7. The first-order valence-corrected chi connectivity index (χ1v) is 9.90. The van der Waals surface area contributed by atoms with E-state index in [1.54, 1.807) is 13.3 Å². The molecule has 0 aliphatic heterocycles. The molecule has 0 saturated carbocycles. The van der Waals surface area contributed by atoms with E-state index < -0.39 is 0 Å². The fourth-order valence-electron chi connectivity index (χ4n) is 3.71. The third-order valence-electron chi connectivity index (χ3n) is 5.15. The molecule has 3 aromatic rings. The summed E-state index contributed by atoms with van der Waals surface area (Å²) in [6.45, 7) is 1.07. The van der Waals surface area contributed by atoms with E-state index in [-0.39, 0.29) is 5.92 Å². The minimum atomic E-state index is 0.115. The van der Waals surface area contributed by atoms with Gasteiger partial charge in [0.15, 0.2) is 0 Å². The third kappa shape index (κ3) is 4.35.